The van der Waals surface area contributed by atoms with Gasteiger partial charge in [0.1, 0.15) is 11.8 Å². The zero-order valence-corrected chi connectivity index (χ0v) is 15.4. The molecule has 1 aliphatic heterocycles. The van der Waals surface area contributed by atoms with E-state index in [1.54, 1.807) is 31.2 Å². The first kappa shape index (κ1) is 19.6. The number of carbonyl (C=O) groups is 3. The summed E-state index contributed by atoms with van der Waals surface area (Å²) in [6, 6.07) is 5.90. The minimum Gasteiger partial charge on any atom is -0.496 e. The molecule has 0 radical (unpaired) electrons. The number of para-hydroxylation sites is 1. The first-order valence-corrected chi connectivity index (χ1v) is 8.57. The van der Waals surface area contributed by atoms with Crippen molar-refractivity contribution in [3.8, 4) is 5.75 Å². The smallest absolute Gasteiger partial charge is 0.308 e. The van der Waals surface area contributed by atoms with Crippen LogP contribution in [0.3, 0.4) is 0 Å². The maximum atomic E-state index is 12.5. The van der Waals surface area contributed by atoms with Gasteiger partial charge in [-0.1, -0.05) is 12.1 Å². The molecule has 9 heteroatoms. The molecule has 0 aromatic heterocycles. The molecule has 140 valence electrons. The van der Waals surface area contributed by atoms with Crippen molar-refractivity contribution in [3.05, 3.63) is 29.8 Å². The lowest BCUT2D eigenvalue weighted by Crippen LogP contribution is -2.60. The first-order valence-electron chi connectivity index (χ1n) is 8.16. The van der Waals surface area contributed by atoms with Crippen LogP contribution in [0.15, 0.2) is 24.3 Å². The van der Waals surface area contributed by atoms with Crippen LogP contribution in [0.5, 0.6) is 5.75 Å². The lowest BCUT2D eigenvalue weighted by atomic mass is 10.1. The van der Waals surface area contributed by atoms with Crippen LogP contribution in [-0.4, -0.2) is 60.6 Å². The summed E-state index contributed by atoms with van der Waals surface area (Å²) < 4.78 is 10.1. The molecule has 26 heavy (non-hydrogen) atoms. The lowest BCUT2D eigenvalue weighted by molar-refractivity contribution is -0.147. The van der Waals surface area contributed by atoms with Crippen LogP contribution >= 0.6 is 12.2 Å². The van der Waals surface area contributed by atoms with Crippen molar-refractivity contribution in [1.29, 1.82) is 0 Å². The van der Waals surface area contributed by atoms with Gasteiger partial charge in [-0.3, -0.25) is 19.7 Å². The zero-order valence-electron chi connectivity index (χ0n) is 14.6. The number of methoxy groups -OCH3 is 1. The van der Waals surface area contributed by atoms with Gasteiger partial charge in [-0.25, -0.2) is 0 Å². The quantitative estimate of drug-likeness (QED) is 0.567. The molecular weight excluding hydrogens is 358 g/mol. The van der Waals surface area contributed by atoms with Crippen LogP contribution in [0.25, 0.3) is 0 Å². The van der Waals surface area contributed by atoms with Crippen molar-refractivity contribution in [1.82, 2.24) is 15.5 Å². The number of nitrogens with one attached hydrogen (secondary N) is 2. The Balaban J connectivity index is 2.11. The largest absolute Gasteiger partial charge is 0.496 e. The molecule has 0 spiro atoms. The number of benzene rings is 1. The maximum Gasteiger partial charge on any atom is 0.308 e. The molecule has 1 aromatic rings. The van der Waals surface area contributed by atoms with Gasteiger partial charge in [0.15, 0.2) is 5.11 Å². The zero-order chi connectivity index (χ0) is 19.1. The number of thiocarbonyl (C=S) groups is 1. The fourth-order valence-corrected chi connectivity index (χ4v) is 2.92. The average molecular weight is 379 g/mol. The van der Waals surface area contributed by atoms with Gasteiger partial charge in [0.05, 0.1) is 25.7 Å². The third-order valence-corrected chi connectivity index (χ3v) is 4.17. The third kappa shape index (κ3) is 4.69. The molecule has 8 nitrogen and oxygen atoms in total. The van der Waals surface area contributed by atoms with E-state index in [4.69, 9.17) is 21.7 Å². The van der Waals surface area contributed by atoms with Crippen molar-refractivity contribution < 1.29 is 23.9 Å². The van der Waals surface area contributed by atoms with Crippen LogP contribution in [0.1, 0.15) is 23.7 Å². The SMILES string of the molecule is CCOC(=O)C[C@H]1C(=O)NCCN1C(=S)NC(=O)c1ccccc1OC. The van der Waals surface area contributed by atoms with Crippen LogP contribution in [0, 0.1) is 0 Å². The summed E-state index contributed by atoms with van der Waals surface area (Å²) in [4.78, 5) is 37.9. The average Bonchev–Trinajstić information content (AvgIpc) is 2.63. The molecule has 2 amide bonds. The number of nitrogens with zero attached hydrogens (tertiary/aromatic N) is 1. The van der Waals surface area contributed by atoms with Crippen LogP contribution in [-0.2, 0) is 14.3 Å². The standard InChI is InChI=1S/C17H21N3O5S/c1-3-25-14(21)10-12-16(23)18-8-9-20(12)17(26)19-15(22)11-6-4-5-7-13(11)24-2/h4-7,12H,3,8-10H2,1-2H3,(H,18,23)(H,19,22,26)/t12-/m0/s1. The maximum absolute atomic E-state index is 12.5. The predicted molar refractivity (Wildman–Crippen MR) is 97.8 cm³/mol. The van der Waals surface area contributed by atoms with E-state index in [2.05, 4.69) is 10.6 Å². The minimum atomic E-state index is -0.826. The number of piperazine rings is 1. The molecular formula is C17H21N3O5S. The van der Waals surface area contributed by atoms with E-state index in [1.165, 1.54) is 12.0 Å². The molecule has 0 saturated carbocycles. The van der Waals surface area contributed by atoms with Gasteiger partial charge in [-0.15, -0.1) is 0 Å². The van der Waals surface area contributed by atoms with Gasteiger partial charge in [-0.2, -0.15) is 0 Å². The Labute approximate surface area is 156 Å². The lowest BCUT2D eigenvalue weighted by Gasteiger charge is -2.36. The minimum absolute atomic E-state index is 0.0741. The topological polar surface area (TPSA) is 97.0 Å². The Morgan fingerprint density at radius 3 is 2.81 bits per heavy atom. The van der Waals surface area contributed by atoms with Crippen molar-refractivity contribution >= 4 is 35.1 Å². The Bertz CT molecular complexity index is 709. The number of rotatable bonds is 5. The predicted octanol–water partition coefficient (Wildman–Crippen LogP) is 0.464. The highest BCUT2D eigenvalue weighted by Crippen LogP contribution is 2.17. The number of hydrogen-bond acceptors (Lipinski definition) is 6. The normalized spacial score (nSPS) is 16.5. The first-order chi connectivity index (χ1) is 12.5. The van der Waals surface area contributed by atoms with E-state index < -0.39 is 17.9 Å². The highest BCUT2D eigenvalue weighted by atomic mass is 32.1. The van der Waals surface area contributed by atoms with E-state index >= 15 is 0 Å². The number of ether oxygens (including phenoxy) is 2. The molecule has 1 aliphatic rings. The van der Waals surface area contributed by atoms with Gasteiger partial charge in [0, 0.05) is 13.1 Å². The van der Waals surface area contributed by atoms with Crippen LogP contribution in [0.4, 0.5) is 0 Å². The molecule has 1 heterocycles. The van der Waals surface area contributed by atoms with E-state index in [0.717, 1.165) is 0 Å². The monoisotopic (exact) mass is 379 g/mol. The van der Waals surface area contributed by atoms with E-state index in [-0.39, 0.29) is 24.0 Å². The molecule has 1 atom stereocenters. The number of esters is 1. The highest BCUT2D eigenvalue weighted by molar-refractivity contribution is 7.80. The van der Waals surface area contributed by atoms with Crippen molar-refractivity contribution in [2.75, 3.05) is 26.8 Å². The summed E-state index contributed by atoms with van der Waals surface area (Å²) in [7, 11) is 1.47. The van der Waals surface area contributed by atoms with Gasteiger partial charge in [0.25, 0.3) is 5.91 Å². The van der Waals surface area contributed by atoms with Crippen LogP contribution in [0.2, 0.25) is 0 Å². The summed E-state index contributed by atoms with van der Waals surface area (Å²) >= 11 is 5.30. The summed E-state index contributed by atoms with van der Waals surface area (Å²) in [5.74, 6) is -0.878. The fourth-order valence-electron chi connectivity index (χ4n) is 2.61. The highest BCUT2D eigenvalue weighted by Gasteiger charge is 2.34. The molecule has 0 unspecified atom stereocenters. The summed E-state index contributed by atoms with van der Waals surface area (Å²) in [6.45, 7) is 2.65. The number of carbonyl (C=O) groups excluding carboxylic acids is 3. The third-order valence-electron chi connectivity index (χ3n) is 3.83. The van der Waals surface area contributed by atoms with Gasteiger partial charge < -0.3 is 19.7 Å². The summed E-state index contributed by atoms with van der Waals surface area (Å²) in [5, 5.41) is 5.36. The van der Waals surface area contributed by atoms with E-state index in [0.29, 0.717) is 24.4 Å². The van der Waals surface area contributed by atoms with Crippen molar-refractivity contribution in [3.63, 3.8) is 0 Å². The molecule has 1 saturated heterocycles. The van der Waals surface area contributed by atoms with Gasteiger partial charge in [-0.05, 0) is 31.3 Å². The van der Waals surface area contributed by atoms with Gasteiger partial charge in [0.2, 0.25) is 5.91 Å². The molecule has 1 aromatic carbocycles. The van der Waals surface area contributed by atoms with Crippen LogP contribution < -0.4 is 15.4 Å². The molecule has 2 N–H and O–H groups in total. The van der Waals surface area contributed by atoms with E-state index in [9.17, 15) is 14.4 Å². The summed E-state index contributed by atoms with van der Waals surface area (Å²) in [5.41, 5.74) is 0.320. The van der Waals surface area contributed by atoms with Gasteiger partial charge >= 0.3 is 5.97 Å². The molecule has 0 bridgehead atoms. The van der Waals surface area contributed by atoms with Crippen molar-refractivity contribution in [2.45, 2.75) is 19.4 Å². The number of hydrogen-bond donors (Lipinski definition) is 2. The fraction of sp³-hybridized carbons (Fsp3) is 0.412. The molecule has 0 aliphatic carbocycles. The molecule has 1 fully saturated rings. The second-order valence-electron chi connectivity index (χ2n) is 5.47. The second-order valence-corrected chi connectivity index (χ2v) is 5.86. The number of amides is 2. The Kier molecular flexibility index (Phi) is 6.90. The molecule has 2 rings (SSSR count). The Morgan fingerprint density at radius 2 is 2.12 bits per heavy atom. The summed E-state index contributed by atoms with van der Waals surface area (Å²) in [6.07, 6.45) is -0.148. The van der Waals surface area contributed by atoms with Crippen molar-refractivity contribution in [2.24, 2.45) is 0 Å². The van der Waals surface area contributed by atoms with E-state index in [1.807, 2.05) is 0 Å². The Hall–Kier alpha value is -2.68. The second kappa shape index (κ2) is 9.14. The Morgan fingerprint density at radius 1 is 1.38 bits per heavy atom.